The van der Waals surface area contributed by atoms with Gasteiger partial charge in [0.25, 0.3) is 0 Å². The summed E-state index contributed by atoms with van der Waals surface area (Å²) in [5.41, 5.74) is 1.06. The molecule has 0 aliphatic rings. The summed E-state index contributed by atoms with van der Waals surface area (Å²) in [6.45, 7) is 1.78. The third kappa shape index (κ3) is 3.61. The fourth-order valence-electron chi connectivity index (χ4n) is 1.24. The lowest BCUT2D eigenvalue weighted by atomic mass is 10.1. The minimum absolute atomic E-state index is 0.653. The number of allylic oxidation sites excluding steroid dienone is 3. The number of benzene rings is 1. The number of carboxylic acid groups (broad SMARTS) is 2. The maximum atomic E-state index is 10.6. The largest absolute Gasteiger partial charge is 0.477 e. The predicted molar refractivity (Wildman–Crippen MR) is 63.4 cm³/mol. The van der Waals surface area contributed by atoms with E-state index in [4.69, 9.17) is 10.2 Å². The van der Waals surface area contributed by atoms with Gasteiger partial charge in [-0.05, 0) is 24.1 Å². The maximum absolute atomic E-state index is 10.6. The van der Waals surface area contributed by atoms with Crippen molar-refractivity contribution in [2.75, 3.05) is 0 Å². The lowest BCUT2D eigenvalue weighted by Gasteiger charge is -1.99. The highest BCUT2D eigenvalue weighted by Crippen LogP contribution is 2.13. The van der Waals surface area contributed by atoms with Gasteiger partial charge in [-0.25, -0.2) is 9.59 Å². The summed E-state index contributed by atoms with van der Waals surface area (Å²) < 4.78 is 0. The van der Waals surface area contributed by atoms with E-state index in [2.05, 4.69) is 0 Å². The first-order valence-corrected chi connectivity index (χ1v) is 4.93. The van der Waals surface area contributed by atoms with Crippen LogP contribution in [0.4, 0.5) is 0 Å². The van der Waals surface area contributed by atoms with Gasteiger partial charge in [-0.3, -0.25) is 0 Å². The van der Waals surface area contributed by atoms with Crippen molar-refractivity contribution in [3.05, 3.63) is 53.6 Å². The Bertz CT molecular complexity index is 467. The van der Waals surface area contributed by atoms with Crippen molar-refractivity contribution in [1.82, 2.24) is 0 Å². The van der Waals surface area contributed by atoms with Crippen LogP contribution in [0.15, 0.2) is 48.1 Å². The van der Waals surface area contributed by atoms with E-state index < -0.39 is 17.5 Å². The van der Waals surface area contributed by atoms with Crippen LogP contribution in [0.3, 0.4) is 0 Å². The first-order chi connectivity index (χ1) is 8.02. The molecular formula is C13H12O4. The van der Waals surface area contributed by atoms with Crippen LogP contribution in [-0.2, 0) is 9.59 Å². The third-order valence-corrected chi connectivity index (χ3v) is 2.19. The predicted octanol–water partition coefficient (Wildman–Crippen LogP) is 2.19. The van der Waals surface area contributed by atoms with Crippen molar-refractivity contribution in [1.29, 1.82) is 0 Å². The summed E-state index contributed by atoms with van der Waals surface area (Å²) in [5, 5.41) is 17.3. The summed E-state index contributed by atoms with van der Waals surface area (Å²) in [6.07, 6.45) is 2.57. The van der Waals surface area contributed by atoms with Crippen LogP contribution in [0, 0.1) is 0 Å². The molecule has 17 heavy (non-hydrogen) atoms. The number of aliphatic carboxylic acids is 2. The van der Waals surface area contributed by atoms with Crippen LogP contribution >= 0.6 is 0 Å². The molecule has 0 saturated heterocycles. The zero-order valence-corrected chi connectivity index (χ0v) is 9.25. The second-order valence-electron chi connectivity index (χ2n) is 3.41. The smallest absolute Gasteiger partial charge is 0.343 e. The van der Waals surface area contributed by atoms with Crippen LogP contribution in [0.2, 0.25) is 0 Å². The molecule has 1 aromatic carbocycles. The highest BCUT2D eigenvalue weighted by Gasteiger charge is 2.14. The fraction of sp³-hybridized carbons (Fsp3) is 0.0769. The molecule has 0 unspecified atom stereocenters. The molecule has 4 heteroatoms. The third-order valence-electron chi connectivity index (χ3n) is 2.19. The van der Waals surface area contributed by atoms with E-state index in [9.17, 15) is 9.59 Å². The average Bonchev–Trinajstić information content (AvgIpc) is 2.29. The average molecular weight is 232 g/mol. The van der Waals surface area contributed by atoms with Gasteiger partial charge >= 0.3 is 11.9 Å². The van der Waals surface area contributed by atoms with E-state index in [0.717, 1.165) is 17.2 Å². The summed E-state index contributed by atoms with van der Waals surface area (Å²) in [6, 6.07) is 9.30. The Balaban J connectivity index is 3.00. The quantitative estimate of drug-likeness (QED) is 0.361. The number of hydrogen-bond acceptors (Lipinski definition) is 2. The van der Waals surface area contributed by atoms with Gasteiger partial charge < -0.3 is 10.2 Å². The molecule has 1 rings (SSSR count). The molecule has 0 saturated carbocycles. The lowest BCUT2D eigenvalue weighted by Crippen LogP contribution is -2.10. The van der Waals surface area contributed by atoms with Crippen molar-refractivity contribution < 1.29 is 19.8 Å². The van der Waals surface area contributed by atoms with Crippen LogP contribution < -0.4 is 0 Å². The van der Waals surface area contributed by atoms with E-state index in [1.165, 1.54) is 6.08 Å². The number of carboxylic acids is 2. The highest BCUT2D eigenvalue weighted by molar-refractivity contribution is 6.12. The Hall–Kier alpha value is -2.36. The van der Waals surface area contributed by atoms with Gasteiger partial charge in [0, 0.05) is 0 Å². The van der Waals surface area contributed by atoms with Gasteiger partial charge in [-0.1, -0.05) is 36.4 Å². The van der Waals surface area contributed by atoms with Gasteiger partial charge in [0.05, 0.1) is 0 Å². The molecule has 0 fully saturated rings. The van der Waals surface area contributed by atoms with Crippen molar-refractivity contribution in [3.63, 3.8) is 0 Å². The van der Waals surface area contributed by atoms with Crippen LogP contribution in [-0.4, -0.2) is 22.2 Å². The Morgan fingerprint density at radius 3 is 2.00 bits per heavy atom. The normalized spacial score (nSPS) is 10.8. The van der Waals surface area contributed by atoms with Gasteiger partial charge in [0.15, 0.2) is 0 Å². The Morgan fingerprint density at radius 2 is 1.53 bits per heavy atom. The molecule has 88 valence electrons. The number of hydrogen-bond donors (Lipinski definition) is 2. The molecule has 0 aromatic heterocycles. The molecular weight excluding hydrogens is 220 g/mol. The minimum atomic E-state index is -1.45. The second kappa shape index (κ2) is 5.65. The zero-order chi connectivity index (χ0) is 12.8. The molecule has 0 bridgehead atoms. The molecule has 0 aliphatic carbocycles. The van der Waals surface area contributed by atoms with Gasteiger partial charge in [0.1, 0.15) is 5.57 Å². The van der Waals surface area contributed by atoms with Crippen molar-refractivity contribution in [2.45, 2.75) is 6.92 Å². The van der Waals surface area contributed by atoms with Crippen molar-refractivity contribution >= 4 is 17.5 Å². The topological polar surface area (TPSA) is 74.6 Å². The number of carbonyl (C=O) groups is 2. The Morgan fingerprint density at radius 1 is 1.00 bits per heavy atom. The van der Waals surface area contributed by atoms with E-state index in [0.29, 0.717) is 0 Å². The second-order valence-corrected chi connectivity index (χ2v) is 3.41. The standard InChI is InChI=1S/C13H12O4/c1-9(10-5-3-2-4-6-10)7-8-11(12(14)15)13(16)17/h2-8H,1H3,(H,14,15)(H,16,17)/b9-7+. The molecule has 0 atom stereocenters. The van der Waals surface area contributed by atoms with E-state index >= 15 is 0 Å². The van der Waals surface area contributed by atoms with Gasteiger partial charge in [-0.15, -0.1) is 0 Å². The Labute approximate surface area is 98.5 Å². The molecule has 2 N–H and O–H groups in total. The fourth-order valence-corrected chi connectivity index (χ4v) is 1.24. The first-order valence-electron chi connectivity index (χ1n) is 4.93. The summed E-state index contributed by atoms with van der Waals surface area (Å²) in [7, 11) is 0. The van der Waals surface area contributed by atoms with E-state index in [1.54, 1.807) is 6.92 Å². The Kier molecular flexibility index (Phi) is 4.22. The highest BCUT2D eigenvalue weighted by atomic mass is 16.4. The molecule has 0 amide bonds. The molecule has 0 radical (unpaired) electrons. The SMILES string of the molecule is C/C(=C\C=C(C(=O)O)C(=O)O)c1ccccc1. The van der Waals surface area contributed by atoms with E-state index in [-0.39, 0.29) is 0 Å². The summed E-state index contributed by atoms with van der Waals surface area (Å²) in [5.74, 6) is -2.90. The molecule has 0 heterocycles. The van der Waals surface area contributed by atoms with Crippen molar-refractivity contribution in [2.24, 2.45) is 0 Å². The molecule has 0 spiro atoms. The van der Waals surface area contributed by atoms with Crippen molar-refractivity contribution in [3.8, 4) is 0 Å². The number of rotatable bonds is 4. The summed E-state index contributed by atoms with van der Waals surface area (Å²) >= 11 is 0. The molecule has 4 nitrogen and oxygen atoms in total. The van der Waals surface area contributed by atoms with Gasteiger partial charge in [0.2, 0.25) is 0 Å². The minimum Gasteiger partial charge on any atom is -0.477 e. The monoisotopic (exact) mass is 232 g/mol. The van der Waals surface area contributed by atoms with Crippen LogP contribution in [0.1, 0.15) is 12.5 Å². The summed E-state index contributed by atoms with van der Waals surface area (Å²) in [4.78, 5) is 21.2. The maximum Gasteiger partial charge on any atom is 0.343 e. The van der Waals surface area contributed by atoms with Crippen LogP contribution in [0.25, 0.3) is 5.57 Å². The van der Waals surface area contributed by atoms with E-state index in [1.807, 2.05) is 30.3 Å². The zero-order valence-electron chi connectivity index (χ0n) is 9.25. The van der Waals surface area contributed by atoms with Crippen LogP contribution in [0.5, 0.6) is 0 Å². The lowest BCUT2D eigenvalue weighted by molar-refractivity contribution is -0.140. The molecule has 1 aromatic rings. The first kappa shape index (κ1) is 12.7. The van der Waals surface area contributed by atoms with Gasteiger partial charge in [-0.2, -0.15) is 0 Å². The molecule has 0 aliphatic heterocycles.